The molecule has 0 radical (unpaired) electrons. The summed E-state index contributed by atoms with van der Waals surface area (Å²) in [6.45, 7) is 4.53. The molecule has 0 saturated carbocycles. The molecule has 3 rings (SSSR count). The van der Waals surface area contributed by atoms with Crippen molar-refractivity contribution in [2.75, 3.05) is 11.1 Å². The molecule has 0 spiro atoms. The molecular formula is C18H20N4O2S. The minimum absolute atomic E-state index is 0.0171. The van der Waals surface area contributed by atoms with Gasteiger partial charge in [0.15, 0.2) is 0 Å². The fourth-order valence-corrected chi connectivity index (χ4v) is 3.47. The van der Waals surface area contributed by atoms with E-state index in [0.717, 1.165) is 40.6 Å². The highest BCUT2D eigenvalue weighted by molar-refractivity contribution is 7.99. The van der Waals surface area contributed by atoms with Gasteiger partial charge in [-0.25, -0.2) is 4.98 Å². The molecule has 130 valence electrons. The van der Waals surface area contributed by atoms with Crippen molar-refractivity contribution in [3.63, 3.8) is 0 Å². The summed E-state index contributed by atoms with van der Waals surface area (Å²) < 4.78 is 7.12. The van der Waals surface area contributed by atoms with E-state index in [9.17, 15) is 4.79 Å². The molecule has 0 saturated heterocycles. The number of anilines is 1. The van der Waals surface area contributed by atoms with E-state index >= 15 is 0 Å². The van der Waals surface area contributed by atoms with Crippen LogP contribution in [0.1, 0.15) is 22.6 Å². The summed E-state index contributed by atoms with van der Waals surface area (Å²) in [7, 11) is 0. The van der Waals surface area contributed by atoms with Crippen LogP contribution in [0.3, 0.4) is 0 Å². The summed E-state index contributed by atoms with van der Waals surface area (Å²) >= 11 is 1.55. The van der Waals surface area contributed by atoms with Crippen LogP contribution in [-0.2, 0) is 17.1 Å². The lowest BCUT2D eigenvalue weighted by molar-refractivity contribution is -0.113. The number of imidazole rings is 1. The number of hydrogen-bond donors (Lipinski definition) is 1. The number of carbonyl (C=O) groups is 1. The number of carbonyl (C=O) groups excluding carboxylic acids is 1. The van der Waals surface area contributed by atoms with Crippen molar-refractivity contribution in [2.24, 2.45) is 0 Å². The first-order chi connectivity index (χ1) is 12.1. The molecule has 3 aromatic rings. The van der Waals surface area contributed by atoms with Crippen LogP contribution in [0.2, 0.25) is 0 Å². The highest BCUT2D eigenvalue weighted by Gasteiger charge is 2.10. The third-order valence-electron chi connectivity index (χ3n) is 3.80. The number of aromatic nitrogens is 3. The Morgan fingerprint density at radius 3 is 2.96 bits per heavy atom. The van der Waals surface area contributed by atoms with Gasteiger partial charge in [0.2, 0.25) is 5.91 Å². The number of benzene rings is 1. The fourth-order valence-electron chi connectivity index (χ4n) is 2.49. The van der Waals surface area contributed by atoms with Gasteiger partial charge in [0.1, 0.15) is 5.76 Å². The van der Waals surface area contributed by atoms with E-state index in [1.807, 2.05) is 48.9 Å². The lowest BCUT2D eigenvalue weighted by Crippen LogP contribution is -2.14. The maximum Gasteiger partial charge on any atom is 0.234 e. The van der Waals surface area contributed by atoms with Gasteiger partial charge in [-0.15, -0.1) is 11.8 Å². The highest BCUT2D eigenvalue weighted by atomic mass is 32.2. The van der Waals surface area contributed by atoms with E-state index in [1.165, 1.54) is 0 Å². The number of nitrogens with zero attached hydrogens (tertiary/aromatic N) is 3. The number of amides is 1. The van der Waals surface area contributed by atoms with Crippen molar-refractivity contribution in [3.8, 4) is 0 Å². The van der Waals surface area contributed by atoms with Crippen LogP contribution in [0.15, 0.2) is 47.5 Å². The molecule has 0 aliphatic heterocycles. The van der Waals surface area contributed by atoms with E-state index in [0.29, 0.717) is 5.75 Å². The summed E-state index contributed by atoms with van der Waals surface area (Å²) in [6.07, 6.45) is 5.44. The molecule has 25 heavy (non-hydrogen) atoms. The maximum atomic E-state index is 12.2. The number of hydrogen-bond acceptors (Lipinski definition) is 5. The highest BCUT2D eigenvalue weighted by Crippen LogP contribution is 2.20. The second kappa shape index (κ2) is 8.02. The molecule has 1 N–H and O–H groups in total. The minimum atomic E-state index is -0.0171. The molecule has 2 aromatic heterocycles. The molecule has 0 atom stereocenters. The molecule has 0 fully saturated rings. The van der Waals surface area contributed by atoms with Gasteiger partial charge in [0.05, 0.1) is 17.8 Å². The van der Waals surface area contributed by atoms with Crippen molar-refractivity contribution in [1.29, 1.82) is 0 Å². The lowest BCUT2D eigenvalue weighted by atomic mass is 10.2. The summed E-state index contributed by atoms with van der Waals surface area (Å²) in [5.41, 5.74) is 3.87. The van der Waals surface area contributed by atoms with Gasteiger partial charge in [0.25, 0.3) is 0 Å². The summed E-state index contributed by atoms with van der Waals surface area (Å²) in [5, 5.41) is 6.87. The zero-order valence-corrected chi connectivity index (χ0v) is 15.0. The average molecular weight is 356 g/mol. The number of aryl methyl sites for hydroxylation is 2. The fraction of sp³-hybridized carbons (Fsp3) is 0.278. The van der Waals surface area contributed by atoms with Crippen molar-refractivity contribution < 1.29 is 9.32 Å². The van der Waals surface area contributed by atoms with Gasteiger partial charge in [-0.2, -0.15) is 0 Å². The van der Waals surface area contributed by atoms with Crippen LogP contribution in [0.5, 0.6) is 0 Å². The summed E-state index contributed by atoms with van der Waals surface area (Å²) in [5.74, 6) is 1.90. The molecule has 7 heteroatoms. The monoisotopic (exact) mass is 356 g/mol. The van der Waals surface area contributed by atoms with Crippen molar-refractivity contribution >= 4 is 23.4 Å². The van der Waals surface area contributed by atoms with Crippen molar-refractivity contribution in [2.45, 2.75) is 26.1 Å². The molecule has 0 bridgehead atoms. The Morgan fingerprint density at radius 1 is 1.36 bits per heavy atom. The van der Waals surface area contributed by atoms with E-state index in [4.69, 9.17) is 4.52 Å². The van der Waals surface area contributed by atoms with Gasteiger partial charge >= 0.3 is 0 Å². The van der Waals surface area contributed by atoms with Gasteiger partial charge in [-0.1, -0.05) is 17.3 Å². The average Bonchev–Trinajstić information content (AvgIpc) is 3.20. The normalized spacial score (nSPS) is 10.8. The molecular weight excluding hydrogens is 336 g/mol. The van der Waals surface area contributed by atoms with Crippen molar-refractivity contribution in [3.05, 3.63) is 65.6 Å². The molecule has 6 nitrogen and oxygen atoms in total. The Bertz CT molecular complexity index is 823. The minimum Gasteiger partial charge on any atom is -0.361 e. The van der Waals surface area contributed by atoms with Crippen molar-refractivity contribution in [1.82, 2.24) is 14.7 Å². The third-order valence-corrected chi connectivity index (χ3v) is 4.75. The quantitative estimate of drug-likeness (QED) is 0.702. The van der Waals surface area contributed by atoms with E-state index in [2.05, 4.69) is 15.5 Å². The maximum absolute atomic E-state index is 12.2. The molecule has 1 amide bonds. The second-order valence-corrected chi connectivity index (χ2v) is 6.76. The third kappa shape index (κ3) is 4.73. The molecule has 0 aliphatic carbocycles. The zero-order valence-electron chi connectivity index (χ0n) is 14.2. The lowest BCUT2D eigenvalue weighted by Gasteiger charge is -2.08. The first kappa shape index (κ1) is 17.3. The Labute approximate surface area is 150 Å². The Balaban J connectivity index is 1.51. The van der Waals surface area contributed by atoms with E-state index in [-0.39, 0.29) is 5.91 Å². The SMILES string of the molecule is Cc1noc(C)c1CSCC(=O)Nc1cccc(Cn2ccnc2)c1. The zero-order chi connectivity index (χ0) is 17.6. The molecule has 1 aromatic carbocycles. The number of rotatable bonds is 7. The first-order valence-electron chi connectivity index (χ1n) is 7.96. The van der Waals surface area contributed by atoms with Gasteiger partial charge in [-0.3, -0.25) is 4.79 Å². The predicted octanol–water partition coefficient (Wildman–Crippen LogP) is 3.41. The van der Waals surface area contributed by atoms with Gasteiger partial charge in [-0.05, 0) is 31.5 Å². The van der Waals surface area contributed by atoms with Crippen LogP contribution < -0.4 is 5.32 Å². The second-order valence-electron chi connectivity index (χ2n) is 5.78. The number of thioether (sulfide) groups is 1. The first-order valence-corrected chi connectivity index (χ1v) is 9.11. The van der Waals surface area contributed by atoms with Crippen LogP contribution in [-0.4, -0.2) is 26.4 Å². The Hall–Kier alpha value is -2.54. The Morgan fingerprint density at radius 2 is 2.24 bits per heavy atom. The number of nitrogens with one attached hydrogen (secondary N) is 1. The Kier molecular flexibility index (Phi) is 5.55. The predicted molar refractivity (Wildman–Crippen MR) is 98.5 cm³/mol. The van der Waals surface area contributed by atoms with E-state index in [1.54, 1.807) is 24.3 Å². The summed E-state index contributed by atoms with van der Waals surface area (Å²) in [4.78, 5) is 16.2. The summed E-state index contributed by atoms with van der Waals surface area (Å²) in [6, 6.07) is 7.85. The van der Waals surface area contributed by atoms with Crippen LogP contribution in [0, 0.1) is 13.8 Å². The van der Waals surface area contributed by atoms with E-state index < -0.39 is 0 Å². The van der Waals surface area contributed by atoms with Crippen LogP contribution >= 0.6 is 11.8 Å². The largest absolute Gasteiger partial charge is 0.361 e. The molecule has 2 heterocycles. The standard InChI is InChI=1S/C18H20N4O2S/c1-13-17(14(2)24-21-13)10-25-11-18(23)20-16-5-3-4-15(8-16)9-22-7-6-19-12-22/h3-8,12H,9-11H2,1-2H3,(H,20,23). The molecule has 0 unspecified atom stereocenters. The van der Waals surface area contributed by atoms with Crippen LogP contribution in [0.25, 0.3) is 0 Å². The van der Waals surface area contributed by atoms with Gasteiger partial charge < -0.3 is 14.4 Å². The topological polar surface area (TPSA) is 73.0 Å². The van der Waals surface area contributed by atoms with Gasteiger partial charge in [0, 0.05) is 35.9 Å². The van der Waals surface area contributed by atoms with Crippen LogP contribution in [0.4, 0.5) is 5.69 Å². The smallest absolute Gasteiger partial charge is 0.234 e. The molecule has 0 aliphatic rings.